The summed E-state index contributed by atoms with van der Waals surface area (Å²) >= 11 is 0. The zero-order chi connectivity index (χ0) is 14.9. The average Bonchev–Trinajstić information content (AvgIpc) is 2.87. The molecule has 5 nitrogen and oxygen atoms in total. The Kier molecular flexibility index (Phi) is 3.39. The van der Waals surface area contributed by atoms with E-state index < -0.39 is 17.8 Å². The Morgan fingerprint density at radius 2 is 2.05 bits per heavy atom. The van der Waals surface area contributed by atoms with Crippen molar-refractivity contribution in [1.29, 1.82) is 0 Å². The normalized spacial score (nSPS) is 11.4. The Morgan fingerprint density at radius 1 is 1.35 bits per heavy atom. The number of rotatable bonds is 2. The van der Waals surface area contributed by atoms with Gasteiger partial charge in [0.15, 0.2) is 5.69 Å². The maximum absolute atomic E-state index is 12.5. The fourth-order valence-electron chi connectivity index (χ4n) is 1.67. The van der Waals surface area contributed by atoms with E-state index in [0.717, 1.165) is 16.9 Å². The van der Waals surface area contributed by atoms with E-state index in [1.807, 2.05) is 0 Å². The molecule has 0 aliphatic carbocycles. The number of carbonyl (C=O) groups excluding carboxylic acids is 1. The predicted molar refractivity (Wildman–Crippen MR) is 66.4 cm³/mol. The summed E-state index contributed by atoms with van der Waals surface area (Å²) in [6.07, 6.45) is -3.41. The number of hydrogen-bond acceptors (Lipinski definition) is 3. The second kappa shape index (κ2) is 4.87. The first-order chi connectivity index (χ1) is 9.32. The average molecular weight is 284 g/mol. The van der Waals surface area contributed by atoms with E-state index in [-0.39, 0.29) is 11.3 Å². The Morgan fingerprint density at radius 3 is 2.60 bits per heavy atom. The number of nitrogens with two attached hydrogens (primary N) is 1. The van der Waals surface area contributed by atoms with Gasteiger partial charge in [0.25, 0.3) is 5.91 Å². The summed E-state index contributed by atoms with van der Waals surface area (Å²) in [5.74, 6) is -0.441. The van der Waals surface area contributed by atoms with Gasteiger partial charge in [0, 0.05) is 18.9 Å². The third-order valence-corrected chi connectivity index (χ3v) is 2.62. The number of anilines is 1. The van der Waals surface area contributed by atoms with Crippen molar-refractivity contribution in [3.63, 3.8) is 0 Å². The van der Waals surface area contributed by atoms with E-state index >= 15 is 0 Å². The molecule has 0 saturated heterocycles. The molecule has 20 heavy (non-hydrogen) atoms. The summed E-state index contributed by atoms with van der Waals surface area (Å²) in [5.41, 5.74) is 5.24. The molecule has 1 amide bonds. The van der Waals surface area contributed by atoms with Crippen LogP contribution in [0.2, 0.25) is 0 Å². The number of alkyl halides is 3. The van der Waals surface area contributed by atoms with Gasteiger partial charge < -0.3 is 11.1 Å². The van der Waals surface area contributed by atoms with Crippen LogP contribution in [0.3, 0.4) is 0 Å². The van der Waals surface area contributed by atoms with Crippen molar-refractivity contribution < 1.29 is 18.0 Å². The molecule has 1 aromatic carbocycles. The van der Waals surface area contributed by atoms with Gasteiger partial charge in [-0.25, -0.2) is 4.68 Å². The van der Waals surface area contributed by atoms with E-state index in [4.69, 9.17) is 5.73 Å². The maximum Gasteiger partial charge on any atom is 0.435 e. The Bertz CT molecular complexity index is 648. The monoisotopic (exact) mass is 284 g/mol. The molecule has 1 aromatic heterocycles. The summed E-state index contributed by atoms with van der Waals surface area (Å²) < 4.78 is 38.6. The van der Waals surface area contributed by atoms with E-state index in [1.165, 1.54) is 25.2 Å². The molecule has 0 saturated carbocycles. The van der Waals surface area contributed by atoms with Crippen molar-refractivity contribution in [1.82, 2.24) is 15.1 Å². The fraction of sp³-hybridized carbons (Fsp3) is 0.167. The smallest absolute Gasteiger partial charge is 0.399 e. The molecule has 0 aliphatic rings. The van der Waals surface area contributed by atoms with Gasteiger partial charge in [-0.1, -0.05) is 0 Å². The summed E-state index contributed by atoms with van der Waals surface area (Å²) in [5, 5.41) is 5.83. The lowest BCUT2D eigenvalue weighted by Gasteiger charge is -2.09. The second-order valence-corrected chi connectivity index (χ2v) is 4.00. The largest absolute Gasteiger partial charge is 0.435 e. The SMILES string of the molecule is CNC(=O)c1ccc(N)cc1-n1ccc(C(F)(F)F)n1. The molecule has 0 bridgehead atoms. The molecule has 2 aromatic rings. The number of nitrogens with zero attached hydrogens (tertiary/aromatic N) is 2. The van der Waals surface area contributed by atoms with Crippen molar-refractivity contribution in [2.45, 2.75) is 6.18 Å². The van der Waals surface area contributed by atoms with Gasteiger partial charge in [-0.05, 0) is 24.3 Å². The minimum atomic E-state index is -4.54. The molecule has 0 unspecified atom stereocenters. The van der Waals surface area contributed by atoms with Crippen molar-refractivity contribution in [3.8, 4) is 5.69 Å². The lowest BCUT2D eigenvalue weighted by atomic mass is 10.1. The summed E-state index contributed by atoms with van der Waals surface area (Å²) in [6.45, 7) is 0. The van der Waals surface area contributed by atoms with Gasteiger partial charge in [-0.2, -0.15) is 18.3 Å². The number of nitrogen functional groups attached to an aromatic ring is 1. The molecule has 8 heteroatoms. The molecular formula is C12H11F3N4O. The molecule has 0 atom stereocenters. The first-order valence-corrected chi connectivity index (χ1v) is 5.58. The molecule has 106 valence electrons. The molecular weight excluding hydrogens is 273 g/mol. The standard InChI is InChI=1S/C12H11F3N4O/c1-17-11(20)8-3-2-7(16)6-9(8)19-5-4-10(18-19)12(13,14)15/h2-6H,16H2,1H3,(H,17,20). The van der Waals surface area contributed by atoms with Crippen LogP contribution in [0.4, 0.5) is 18.9 Å². The van der Waals surface area contributed by atoms with Crippen molar-refractivity contribution in [3.05, 3.63) is 41.7 Å². The number of hydrogen-bond donors (Lipinski definition) is 2. The molecule has 0 spiro atoms. The first-order valence-electron chi connectivity index (χ1n) is 5.58. The van der Waals surface area contributed by atoms with Crippen LogP contribution in [0, 0.1) is 0 Å². The van der Waals surface area contributed by atoms with Gasteiger partial charge in [-0.3, -0.25) is 4.79 Å². The van der Waals surface area contributed by atoms with E-state index in [2.05, 4.69) is 10.4 Å². The maximum atomic E-state index is 12.5. The zero-order valence-corrected chi connectivity index (χ0v) is 10.4. The van der Waals surface area contributed by atoms with Crippen LogP contribution in [0.1, 0.15) is 16.1 Å². The molecule has 3 N–H and O–H groups in total. The van der Waals surface area contributed by atoms with Crippen LogP contribution >= 0.6 is 0 Å². The van der Waals surface area contributed by atoms with Crippen molar-refractivity contribution >= 4 is 11.6 Å². The van der Waals surface area contributed by atoms with Gasteiger partial charge in [0.2, 0.25) is 0 Å². The lowest BCUT2D eigenvalue weighted by Crippen LogP contribution is -2.20. The minimum absolute atomic E-state index is 0.179. The van der Waals surface area contributed by atoms with Crippen LogP contribution in [-0.4, -0.2) is 22.7 Å². The number of benzene rings is 1. The third kappa shape index (κ3) is 2.58. The highest BCUT2D eigenvalue weighted by atomic mass is 19.4. The van der Waals surface area contributed by atoms with Gasteiger partial charge >= 0.3 is 6.18 Å². The molecule has 0 radical (unpaired) electrons. The first kappa shape index (κ1) is 13.9. The molecule has 0 fully saturated rings. The summed E-state index contributed by atoms with van der Waals surface area (Å²) in [4.78, 5) is 11.7. The van der Waals surface area contributed by atoms with Crippen LogP contribution in [0.15, 0.2) is 30.5 Å². The molecule has 0 aliphatic heterocycles. The quantitative estimate of drug-likeness (QED) is 0.826. The Balaban J connectivity index is 2.54. The van der Waals surface area contributed by atoms with Crippen LogP contribution in [0.5, 0.6) is 0 Å². The van der Waals surface area contributed by atoms with E-state index in [1.54, 1.807) is 0 Å². The molecule has 2 rings (SSSR count). The predicted octanol–water partition coefficient (Wildman–Crippen LogP) is 1.83. The van der Waals surface area contributed by atoms with E-state index in [0.29, 0.717) is 5.69 Å². The highest BCUT2D eigenvalue weighted by Crippen LogP contribution is 2.28. The number of amides is 1. The van der Waals surface area contributed by atoms with Crippen molar-refractivity contribution in [2.75, 3.05) is 12.8 Å². The Hall–Kier alpha value is -2.51. The second-order valence-electron chi connectivity index (χ2n) is 4.00. The lowest BCUT2D eigenvalue weighted by molar-refractivity contribution is -0.141. The van der Waals surface area contributed by atoms with Gasteiger partial charge in [0.1, 0.15) is 0 Å². The van der Waals surface area contributed by atoms with Gasteiger partial charge in [-0.15, -0.1) is 0 Å². The number of nitrogens with one attached hydrogen (secondary N) is 1. The topological polar surface area (TPSA) is 72.9 Å². The van der Waals surface area contributed by atoms with Crippen LogP contribution in [0.25, 0.3) is 5.69 Å². The Labute approximate surface area is 112 Å². The molecule has 1 heterocycles. The fourth-order valence-corrected chi connectivity index (χ4v) is 1.67. The van der Waals surface area contributed by atoms with E-state index in [9.17, 15) is 18.0 Å². The third-order valence-electron chi connectivity index (χ3n) is 2.62. The highest BCUT2D eigenvalue weighted by molar-refractivity contribution is 5.98. The number of aromatic nitrogens is 2. The summed E-state index contributed by atoms with van der Waals surface area (Å²) in [6, 6.07) is 5.13. The zero-order valence-electron chi connectivity index (χ0n) is 10.4. The van der Waals surface area contributed by atoms with Crippen LogP contribution < -0.4 is 11.1 Å². The number of carbonyl (C=O) groups is 1. The number of halogens is 3. The van der Waals surface area contributed by atoms with Gasteiger partial charge in [0.05, 0.1) is 11.3 Å². The highest BCUT2D eigenvalue weighted by Gasteiger charge is 2.33. The summed E-state index contributed by atoms with van der Waals surface area (Å²) in [7, 11) is 1.42. The van der Waals surface area contributed by atoms with Crippen molar-refractivity contribution in [2.24, 2.45) is 0 Å². The van der Waals surface area contributed by atoms with Crippen LogP contribution in [-0.2, 0) is 6.18 Å². The minimum Gasteiger partial charge on any atom is -0.399 e.